The highest BCUT2D eigenvalue weighted by atomic mass is 16.1. The largest absolute Gasteiger partial charge is 0.399 e. The number of nitrogens with one attached hydrogen (secondary N) is 1. The number of anilines is 2. The minimum absolute atomic E-state index is 0.0381. The second-order valence-electron chi connectivity index (χ2n) is 6.28. The Bertz CT molecular complexity index is 503. The van der Waals surface area contributed by atoms with Gasteiger partial charge < -0.3 is 16.0 Å². The third kappa shape index (κ3) is 3.31. The van der Waals surface area contributed by atoms with E-state index in [0.717, 1.165) is 37.2 Å². The van der Waals surface area contributed by atoms with Crippen LogP contribution in [0.4, 0.5) is 11.4 Å². The summed E-state index contributed by atoms with van der Waals surface area (Å²) in [4.78, 5) is 15.0. The van der Waals surface area contributed by atoms with Crippen molar-refractivity contribution < 1.29 is 4.79 Å². The van der Waals surface area contributed by atoms with Crippen molar-refractivity contribution in [3.05, 3.63) is 23.8 Å². The van der Waals surface area contributed by atoms with Gasteiger partial charge in [0.1, 0.15) is 0 Å². The molecule has 21 heavy (non-hydrogen) atoms. The summed E-state index contributed by atoms with van der Waals surface area (Å²) in [6, 6.07) is 6.05. The van der Waals surface area contributed by atoms with Crippen molar-refractivity contribution in [2.75, 3.05) is 23.7 Å². The molecule has 1 aromatic rings. The van der Waals surface area contributed by atoms with Crippen LogP contribution in [0.2, 0.25) is 0 Å². The second kappa shape index (κ2) is 6.37. The molecular formula is C17H25N3O. The van der Waals surface area contributed by atoms with Crippen molar-refractivity contribution in [3.63, 3.8) is 0 Å². The zero-order valence-corrected chi connectivity index (χ0v) is 12.6. The number of nitrogens with zero attached hydrogens (tertiary/aromatic N) is 1. The molecule has 114 valence electrons. The zero-order valence-electron chi connectivity index (χ0n) is 12.6. The number of benzene rings is 1. The fourth-order valence-corrected chi connectivity index (χ4v) is 3.48. The predicted octanol–water partition coefficient (Wildman–Crippen LogP) is 2.93. The Morgan fingerprint density at radius 1 is 1.10 bits per heavy atom. The third-order valence-corrected chi connectivity index (χ3v) is 4.65. The lowest BCUT2D eigenvalue weighted by Crippen LogP contribution is -2.37. The van der Waals surface area contributed by atoms with Crippen LogP contribution in [0.25, 0.3) is 0 Å². The van der Waals surface area contributed by atoms with E-state index < -0.39 is 0 Å². The Kier molecular flexibility index (Phi) is 4.32. The van der Waals surface area contributed by atoms with Crippen LogP contribution >= 0.6 is 0 Å². The van der Waals surface area contributed by atoms with Gasteiger partial charge >= 0.3 is 0 Å². The fraction of sp³-hybridized carbons (Fsp3) is 0.588. The van der Waals surface area contributed by atoms with Gasteiger partial charge in [0.2, 0.25) is 0 Å². The molecule has 0 bridgehead atoms. The number of carbonyl (C=O) groups is 1. The van der Waals surface area contributed by atoms with E-state index in [-0.39, 0.29) is 5.91 Å². The molecule has 0 radical (unpaired) electrons. The summed E-state index contributed by atoms with van der Waals surface area (Å²) in [6.07, 6.45) is 8.35. The van der Waals surface area contributed by atoms with Crippen LogP contribution in [0, 0.1) is 0 Å². The van der Waals surface area contributed by atoms with Crippen LogP contribution in [0.3, 0.4) is 0 Å². The first-order valence-electron chi connectivity index (χ1n) is 8.19. The maximum atomic E-state index is 12.6. The molecule has 2 fully saturated rings. The summed E-state index contributed by atoms with van der Waals surface area (Å²) in [5.74, 6) is 0.0381. The van der Waals surface area contributed by atoms with E-state index in [4.69, 9.17) is 5.73 Å². The van der Waals surface area contributed by atoms with Crippen LogP contribution in [-0.2, 0) is 0 Å². The summed E-state index contributed by atoms with van der Waals surface area (Å²) < 4.78 is 0. The molecule has 1 amide bonds. The van der Waals surface area contributed by atoms with Crippen LogP contribution in [0.5, 0.6) is 0 Å². The predicted molar refractivity (Wildman–Crippen MR) is 86.6 cm³/mol. The topological polar surface area (TPSA) is 58.4 Å². The molecule has 0 atom stereocenters. The van der Waals surface area contributed by atoms with Crippen molar-refractivity contribution in [3.8, 4) is 0 Å². The Hall–Kier alpha value is -1.71. The molecule has 0 spiro atoms. The van der Waals surface area contributed by atoms with Crippen molar-refractivity contribution in [2.24, 2.45) is 0 Å². The first kappa shape index (κ1) is 14.2. The average Bonchev–Trinajstić information content (AvgIpc) is 3.02. The minimum atomic E-state index is 0.0381. The quantitative estimate of drug-likeness (QED) is 0.840. The lowest BCUT2D eigenvalue weighted by Gasteiger charge is -2.25. The van der Waals surface area contributed by atoms with E-state index in [0.29, 0.717) is 11.7 Å². The number of nitrogen functional groups attached to an aromatic ring is 1. The van der Waals surface area contributed by atoms with Crippen molar-refractivity contribution in [2.45, 2.75) is 51.0 Å². The van der Waals surface area contributed by atoms with Gasteiger partial charge in [-0.25, -0.2) is 0 Å². The number of rotatable bonds is 3. The first-order valence-corrected chi connectivity index (χ1v) is 8.19. The van der Waals surface area contributed by atoms with Crippen LogP contribution in [0.15, 0.2) is 18.2 Å². The Balaban J connectivity index is 1.78. The summed E-state index contributed by atoms with van der Waals surface area (Å²) in [5, 5.41) is 3.21. The highest BCUT2D eigenvalue weighted by Gasteiger charge is 2.22. The standard InChI is InChI=1S/C17H25N3O/c18-13-8-9-16(20-10-4-5-11-20)15(12-13)17(21)19-14-6-2-1-3-7-14/h8-9,12,14H,1-7,10-11,18H2,(H,19,21). The average molecular weight is 287 g/mol. The molecule has 1 aromatic carbocycles. The highest BCUT2D eigenvalue weighted by Crippen LogP contribution is 2.27. The third-order valence-electron chi connectivity index (χ3n) is 4.65. The monoisotopic (exact) mass is 287 g/mol. The van der Waals surface area contributed by atoms with Gasteiger partial charge in [0.05, 0.1) is 5.56 Å². The minimum Gasteiger partial charge on any atom is -0.399 e. The molecular weight excluding hydrogens is 262 g/mol. The number of nitrogens with two attached hydrogens (primary N) is 1. The molecule has 1 aliphatic heterocycles. The molecule has 4 heteroatoms. The molecule has 1 heterocycles. The van der Waals surface area contributed by atoms with Crippen LogP contribution in [-0.4, -0.2) is 25.0 Å². The van der Waals surface area contributed by atoms with E-state index in [1.54, 1.807) is 0 Å². The summed E-state index contributed by atoms with van der Waals surface area (Å²) >= 11 is 0. The van der Waals surface area contributed by atoms with Gasteiger partial charge in [-0.3, -0.25) is 4.79 Å². The molecule has 3 N–H and O–H groups in total. The molecule has 2 aliphatic rings. The summed E-state index contributed by atoms with van der Waals surface area (Å²) in [6.45, 7) is 2.07. The molecule has 1 saturated heterocycles. The van der Waals surface area contributed by atoms with E-state index >= 15 is 0 Å². The number of amides is 1. The van der Waals surface area contributed by atoms with Crippen LogP contribution < -0.4 is 16.0 Å². The molecule has 0 aromatic heterocycles. The normalized spacial score (nSPS) is 19.7. The number of hydrogen-bond acceptors (Lipinski definition) is 3. The van der Waals surface area contributed by atoms with E-state index in [9.17, 15) is 4.79 Å². The Morgan fingerprint density at radius 2 is 1.81 bits per heavy atom. The Morgan fingerprint density at radius 3 is 2.52 bits per heavy atom. The van der Waals surface area contributed by atoms with Crippen molar-refractivity contribution >= 4 is 17.3 Å². The smallest absolute Gasteiger partial charge is 0.253 e. The fourth-order valence-electron chi connectivity index (χ4n) is 3.48. The highest BCUT2D eigenvalue weighted by molar-refractivity contribution is 6.01. The Labute approximate surface area is 126 Å². The zero-order chi connectivity index (χ0) is 14.7. The summed E-state index contributed by atoms with van der Waals surface area (Å²) in [5.41, 5.74) is 8.33. The molecule has 1 saturated carbocycles. The number of hydrogen-bond donors (Lipinski definition) is 2. The van der Waals surface area contributed by atoms with Gasteiger partial charge in [0, 0.05) is 30.5 Å². The van der Waals surface area contributed by atoms with Gasteiger partial charge in [-0.05, 0) is 43.9 Å². The maximum absolute atomic E-state index is 12.6. The van der Waals surface area contributed by atoms with E-state index in [1.165, 1.54) is 32.1 Å². The van der Waals surface area contributed by atoms with Gasteiger partial charge in [0.15, 0.2) is 0 Å². The van der Waals surface area contributed by atoms with E-state index in [1.807, 2.05) is 18.2 Å². The van der Waals surface area contributed by atoms with E-state index in [2.05, 4.69) is 10.2 Å². The SMILES string of the molecule is Nc1ccc(N2CCCC2)c(C(=O)NC2CCCCC2)c1. The second-order valence-corrected chi connectivity index (χ2v) is 6.28. The maximum Gasteiger partial charge on any atom is 0.253 e. The van der Waals surface area contributed by atoms with Gasteiger partial charge in [-0.2, -0.15) is 0 Å². The first-order chi connectivity index (χ1) is 10.2. The molecule has 0 unspecified atom stereocenters. The summed E-state index contributed by atoms with van der Waals surface area (Å²) in [7, 11) is 0. The lowest BCUT2D eigenvalue weighted by molar-refractivity contribution is 0.0928. The molecule has 4 nitrogen and oxygen atoms in total. The van der Waals surface area contributed by atoms with Crippen molar-refractivity contribution in [1.29, 1.82) is 0 Å². The lowest BCUT2D eigenvalue weighted by atomic mass is 9.95. The van der Waals surface area contributed by atoms with Gasteiger partial charge in [-0.15, -0.1) is 0 Å². The molecule has 1 aliphatic carbocycles. The number of carbonyl (C=O) groups excluding carboxylic acids is 1. The van der Waals surface area contributed by atoms with Crippen LogP contribution in [0.1, 0.15) is 55.3 Å². The van der Waals surface area contributed by atoms with Crippen molar-refractivity contribution in [1.82, 2.24) is 5.32 Å². The van der Waals surface area contributed by atoms with Gasteiger partial charge in [0.25, 0.3) is 5.91 Å². The van der Waals surface area contributed by atoms with Gasteiger partial charge in [-0.1, -0.05) is 19.3 Å². The molecule has 3 rings (SSSR count).